The molecule has 0 radical (unpaired) electrons. The molecule has 1 aliphatic heterocycles. The number of benzene rings is 1. The van der Waals surface area contributed by atoms with E-state index in [1.54, 1.807) is 18.3 Å². The fourth-order valence-electron chi connectivity index (χ4n) is 5.37. The quantitative estimate of drug-likeness (QED) is 0.311. The minimum absolute atomic E-state index is 0.135. The molecule has 5 aromatic rings. The summed E-state index contributed by atoms with van der Waals surface area (Å²) in [6.07, 6.45) is 1.66. The van der Waals surface area contributed by atoms with Gasteiger partial charge in [0, 0.05) is 45.5 Å². The fraction of sp³-hybridized carbons (Fsp3) is 0.286. The van der Waals surface area contributed by atoms with Gasteiger partial charge in [-0.3, -0.25) is 9.88 Å². The Balaban J connectivity index is 1.29. The Morgan fingerprint density at radius 3 is 2.61 bits per heavy atom. The molecule has 208 valence electrons. The van der Waals surface area contributed by atoms with Crippen molar-refractivity contribution in [3.8, 4) is 17.6 Å². The maximum atomic E-state index is 14.5. The first-order valence-electron chi connectivity index (χ1n) is 13.1. The van der Waals surface area contributed by atoms with Crippen LogP contribution in [-0.4, -0.2) is 79.8 Å². The van der Waals surface area contributed by atoms with Gasteiger partial charge in [0.05, 0.1) is 29.8 Å². The number of hydrogen-bond donors (Lipinski definition) is 1. The first-order chi connectivity index (χ1) is 19.9. The summed E-state index contributed by atoms with van der Waals surface area (Å²) in [4.78, 5) is 30.9. The van der Waals surface area contributed by atoms with Crippen LogP contribution in [0.1, 0.15) is 21.6 Å². The average molecular weight is 555 g/mol. The number of hydrogen-bond acceptors (Lipinski definition) is 10. The van der Waals surface area contributed by atoms with Crippen LogP contribution in [0, 0.1) is 24.1 Å². The first-order valence-corrected chi connectivity index (χ1v) is 13.1. The van der Waals surface area contributed by atoms with Gasteiger partial charge in [-0.2, -0.15) is 14.8 Å². The topological polar surface area (TPSA) is 143 Å². The van der Waals surface area contributed by atoms with E-state index in [-0.39, 0.29) is 5.95 Å². The zero-order valence-corrected chi connectivity index (χ0v) is 22.6. The third-order valence-corrected chi connectivity index (χ3v) is 7.45. The summed E-state index contributed by atoms with van der Waals surface area (Å²) in [6, 6.07) is 12.0. The minimum atomic E-state index is -0.484. The Kier molecular flexibility index (Phi) is 6.68. The third-order valence-electron chi connectivity index (χ3n) is 7.45. The number of aryl methyl sites for hydroxylation is 1. The molecule has 41 heavy (non-hydrogen) atoms. The number of anilines is 2. The molecular formula is C28H27FN10O2. The van der Waals surface area contributed by atoms with Crippen molar-refractivity contribution >= 4 is 34.3 Å². The van der Waals surface area contributed by atoms with Crippen LogP contribution in [-0.2, 0) is 11.3 Å². The lowest BCUT2D eigenvalue weighted by atomic mass is 10.2. The van der Waals surface area contributed by atoms with Crippen molar-refractivity contribution in [2.24, 2.45) is 0 Å². The molecule has 0 spiro atoms. The van der Waals surface area contributed by atoms with E-state index in [1.807, 2.05) is 40.7 Å². The Labute approximate surface area is 234 Å². The van der Waals surface area contributed by atoms with Gasteiger partial charge in [-0.15, -0.1) is 5.10 Å². The highest BCUT2D eigenvalue weighted by molar-refractivity contribution is 6.03. The number of piperazine rings is 1. The van der Waals surface area contributed by atoms with Gasteiger partial charge in [0.25, 0.3) is 0 Å². The molecule has 0 amide bonds. The van der Waals surface area contributed by atoms with Gasteiger partial charge < -0.3 is 19.9 Å². The van der Waals surface area contributed by atoms with E-state index in [0.717, 1.165) is 0 Å². The van der Waals surface area contributed by atoms with Crippen molar-refractivity contribution in [1.82, 2.24) is 34.0 Å². The van der Waals surface area contributed by atoms with Gasteiger partial charge >= 0.3 is 5.97 Å². The number of ether oxygens (including phenoxy) is 1. The molecule has 1 aliphatic rings. The largest absolute Gasteiger partial charge is 0.464 e. The number of carbonyl (C=O) groups is 1. The molecule has 13 heteroatoms. The molecular weight excluding hydrogens is 527 g/mol. The molecule has 1 aromatic carbocycles. The van der Waals surface area contributed by atoms with E-state index in [2.05, 4.69) is 20.0 Å². The Bertz CT molecular complexity index is 1820. The van der Waals surface area contributed by atoms with Crippen LogP contribution in [0.15, 0.2) is 42.6 Å². The van der Waals surface area contributed by atoms with Gasteiger partial charge in [-0.05, 0) is 42.8 Å². The highest BCUT2D eigenvalue weighted by Gasteiger charge is 2.27. The first kappa shape index (κ1) is 26.1. The number of nitrogen functional groups attached to an aromatic ring is 1. The van der Waals surface area contributed by atoms with Crippen molar-refractivity contribution in [3.63, 3.8) is 0 Å². The van der Waals surface area contributed by atoms with Crippen LogP contribution in [0.2, 0.25) is 0 Å². The molecule has 0 unspecified atom stereocenters. The van der Waals surface area contributed by atoms with Crippen molar-refractivity contribution < 1.29 is 13.9 Å². The number of carbonyl (C=O) groups excluding carboxylic acids is 1. The van der Waals surface area contributed by atoms with E-state index in [0.29, 0.717) is 90.0 Å². The highest BCUT2D eigenvalue weighted by atomic mass is 19.1. The number of nitrogens with two attached hydrogens (primary N) is 1. The fourth-order valence-corrected chi connectivity index (χ4v) is 5.37. The lowest BCUT2D eigenvalue weighted by Gasteiger charge is -2.36. The van der Waals surface area contributed by atoms with Crippen molar-refractivity contribution in [3.05, 3.63) is 65.2 Å². The predicted molar refractivity (Wildman–Crippen MR) is 150 cm³/mol. The average Bonchev–Trinajstić information content (AvgIpc) is 3.56. The van der Waals surface area contributed by atoms with Crippen LogP contribution in [0.25, 0.3) is 28.2 Å². The van der Waals surface area contributed by atoms with Crippen molar-refractivity contribution in [2.75, 3.05) is 50.5 Å². The number of esters is 1. The maximum absolute atomic E-state index is 14.5. The molecule has 0 saturated carbocycles. The maximum Gasteiger partial charge on any atom is 0.355 e. The van der Waals surface area contributed by atoms with Crippen LogP contribution in [0.4, 0.5) is 16.0 Å². The second-order valence-corrected chi connectivity index (χ2v) is 9.78. The third kappa shape index (κ3) is 4.57. The SMILES string of the molecule is COC(=O)c1c(C)c2c(nc(N)n3nc(-c4ccccn4)nc23)n1CCN1CCN(c2ccc(C#N)cc2F)CC1. The Morgan fingerprint density at radius 2 is 1.93 bits per heavy atom. The minimum Gasteiger partial charge on any atom is -0.464 e. The predicted octanol–water partition coefficient (Wildman–Crippen LogP) is 2.65. The smallest absolute Gasteiger partial charge is 0.355 e. The molecule has 12 nitrogen and oxygen atoms in total. The molecule has 5 heterocycles. The number of methoxy groups -OCH3 is 1. The van der Waals surface area contributed by atoms with Crippen molar-refractivity contribution in [2.45, 2.75) is 13.5 Å². The number of nitrogens with zero attached hydrogens (tertiary/aromatic N) is 9. The van der Waals surface area contributed by atoms with Crippen LogP contribution < -0.4 is 10.6 Å². The van der Waals surface area contributed by atoms with Crippen LogP contribution in [0.3, 0.4) is 0 Å². The molecule has 4 aromatic heterocycles. The number of aromatic nitrogens is 6. The van der Waals surface area contributed by atoms with E-state index in [4.69, 9.17) is 20.7 Å². The molecule has 1 fully saturated rings. The molecule has 0 bridgehead atoms. The summed E-state index contributed by atoms with van der Waals surface area (Å²) in [6.45, 7) is 5.55. The lowest BCUT2D eigenvalue weighted by Crippen LogP contribution is -2.47. The van der Waals surface area contributed by atoms with Gasteiger partial charge in [-0.1, -0.05) is 6.07 Å². The number of pyridine rings is 1. The summed E-state index contributed by atoms with van der Waals surface area (Å²) in [7, 11) is 1.35. The Morgan fingerprint density at radius 1 is 1.12 bits per heavy atom. The zero-order chi connectivity index (χ0) is 28.7. The van der Waals surface area contributed by atoms with E-state index >= 15 is 0 Å². The normalized spacial score (nSPS) is 14.0. The Hall–Kier alpha value is -5.09. The standard InChI is InChI=1S/C28H27FN10O2/c1-17-22-25(34-28(31)39-26(22)33-24(35-39)20-5-3-4-8-32-20)38(23(17)27(40)41-2)14-11-36-9-12-37(13-10-36)21-7-6-18(16-30)15-19(21)29/h3-8,15H,9-14H2,1-2H3,(H2,31,34). The highest BCUT2D eigenvalue weighted by Crippen LogP contribution is 2.31. The summed E-state index contributed by atoms with van der Waals surface area (Å²) < 4.78 is 23.0. The monoisotopic (exact) mass is 554 g/mol. The molecule has 2 N–H and O–H groups in total. The summed E-state index contributed by atoms with van der Waals surface area (Å²) in [5.74, 6) is -0.350. The van der Waals surface area contributed by atoms with Gasteiger partial charge in [-0.25, -0.2) is 14.2 Å². The molecule has 0 aliphatic carbocycles. The van der Waals surface area contributed by atoms with E-state index < -0.39 is 11.8 Å². The van der Waals surface area contributed by atoms with Crippen molar-refractivity contribution in [1.29, 1.82) is 5.26 Å². The number of halogens is 1. The van der Waals surface area contributed by atoms with Gasteiger partial charge in [0.2, 0.25) is 11.8 Å². The second kappa shape index (κ2) is 10.5. The lowest BCUT2D eigenvalue weighted by molar-refractivity contribution is 0.0587. The van der Waals surface area contributed by atoms with Gasteiger partial charge in [0.15, 0.2) is 5.65 Å². The van der Waals surface area contributed by atoms with E-state index in [9.17, 15) is 9.18 Å². The zero-order valence-electron chi connectivity index (χ0n) is 22.6. The number of fused-ring (bicyclic) bond motifs is 3. The second-order valence-electron chi connectivity index (χ2n) is 9.78. The summed E-state index contributed by atoms with van der Waals surface area (Å²) in [5, 5.41) is 14.2. The number of rotatable bonds is 6. The van der Waals surface area contributed by atoms with Crippen LogP contribution in [0.5, 0.6) is 0 Å². The summed E-state index contributed by atoms with van der Waals surface area (Å²) in [5.41, 5.74) is 9.75. The summed E-state index contributed by atoms with van der Waals surface area (Å²) >= 11 is 0. The van der Waals surface area contributed by atoms with Crippen LogP contribution >= 0.6 is 0 Å². The number of nitriles is 1. The molecule has 6 rings (SSSR count). The van der Waals surface area contributed by atoms with E-state index in [1.165, 1.54) is 17.7 Å². The molecule has 1 saturated heterocycles. The van der Waals surface area contributed by atoms with Gasteiger partial charge in [0.1, 0.15) is 22.9 Å². The molecule has 0 atom stereocenters.